The molecule has 0 bridgehead atoms. The number of aliphatic hydroxyl groups excluding tert-OH is 1. The first-order chi connectivity index (χ1) is 12.5. The molecule has 6 heteroatoms. The van der Waals surface area contributed by atoms with Crippen molar-refractivity contribution in [2.24, 2.45) is 0 Å². The van der Waals surface area contributed by atoms with Gasteiger partial charge in [-0.1, -0.05) is 0 Å². The highest BCUT2D eigenvalue weighted by atomic mass is 16.5. The van der Waals surface area contributed by atoms with Crippen LogP contribution in [0.5, 0.6) is 11.5 Å². The predicted octanol–water partition coefficient (Wildman–Crippen LogP) is 3.08. The molecule has 1 N–H and O–H groups in total. The molecule has 0 amide bonds. The Morgan fingerprint density at radius 3 is 2.35 bits per heavy atom. The van der Waals surface area contributed by atoms with Crippen LogP contribution >= 0.6 is 0 Å². The highest BCUT2D eigenvalue weighted by Crippen LogP contribution is 2.24. The van der Waals surface area contributed by atoms with Gasteiger partial charge < -0.3 is 23.7 Å². The van der Waals surface area contributed by atoms with E-state index in [-0.39, 0.29) is 12.6 Å². The van der Waals surface area contributed by atoms with Crippen LogP contribution in [0.15, 0.2) is 41.0 Å². The largest absolute Gasteiger partial charge is 0.497 e. The number of rotatable bonds is 11. The van der Waals surface area contributed by atoms with Gasteiger partial charge in [0.15, 0.2) is 0 Å². The Morgan fingerprint density at radius 2 is 1.81 bits per heavy atom. The zero-order valence-corrected chi connectivity index (χ0v) is 16.0. The summed E-state index contributed by atoms with van der Waals surface area (Å²) in [5.41, 5.74) is 1.07. The van der Waals surface area contributed by atoms with Crippen molar-refractivity contribution >= 4 is 0 Å². The maximum absolute atomic E-state index is 10.3. The minimum absolute atomic E-state index is 0.255. The molecule has 0 saturated heterocycles. The number of hydrogen-bond acceptors (Lipinski definition) is 6. The van der Waals surface area contributed by atoms with E-state index in [1.807, 2.05) is 30.3 Å². The van der Waals surface area contributed by atoms with Gasteiger partial charge in [-0.3, -0.25) is 4.90 Å². The molecule has 1 aromatic carbocycles. The first-order valence-electron chi connectivity index (χ1n) is 8.76. The lowest BCUT2D eigenvalue weighted by Crippen LogP contribution is -2.38. The Morgan fingerprint density at radius 1 is 1.12 bits per heavy atom. The van der Waals surface area contributed by atoms with Crippen LogP contribution in [0.2, 0.25) is 0 Å². The highest BCUT2D eigenvalue weighted by molar-refractivity contribution is 5.38. The molecule has 1 heterocycles. The summed E-state index contributed by atoms with van der Waals surface area (Å²) < 4.78 is 21.4. The van der Waals surface area contributed by atoms with E-state index in [1.165, 1.54) is 0 Å². The zero-order chi connectivity index (χ0) is 18.9. The first kappa shape index (κ1) is 20.3. The Labute approximate surface area is 155 Å². The maximum Gasteiger partial charge on any atom is 0.129 e. The summed E-state index contributed by atoms with van der Waals surface area (Å²) in [5, 5.41) is 10.3. The number of methoxy groups -OCH3 is 2. The highest BCUT2D eigenvalue weighted by Gasteiger charge is 2.16. The van der Waals surface area contributed by atoms with Crippen molar-refractivity contribution in [1.82, 2.24) is 4.90 Å². The molecule has 1 atom stereocenters. The van der Waals surface area contributed by atoms with Gasteiger partial charge in [0, 0.05) is 25.2 Å². The van der Waals surface area contributed by atoms with Crippen LogP contribution in [0.4, 0.5) is 0 Å². The van der Waals surface area contributed by atoms with Crippen LogP contribution < -0.4 is 9.47 Å². The Hall–Kier alpha value is -2.02. The second-order valence-electron chi connectivity index (χ2n) is 6.49. The third-order valence-corrected chi connectivity index (χ3v) is 4.11. The van der Waals surface area contributed by atoms with E-state index in [9.17, 15) is 5.11 Å². The number of aliphatic hydroxyl groups is 1. The fourth-order valence-corrected chi connectivity index (χ4v) is 2.66. The summed E-state index contributed by atoms with van der Waals surface area (Å²) >= 11 is 0. The van der Waals surface area contributed by atoms with Crippen LogP contribution in [0.1, 0.15) is 25.2 Å². The summed E-state index contributed by atoms with van der Waals surface area (Å²) in [6.45, 7) is 6.02. The van der Waals surface area contributed by atoms with E-state index in [2.05, 4.69) is 18.7 Å². The van der Waals surface area contributed by atoms with Gasteiger partial charge >= 0.3 is 0 Å². The van der Waals surface area contributed by atoms with Gasteiger partial charge in [0.25, 0.3) is 0 Å². The fraction of sp³-hybridized carbons (Fsp3) is 0.500. The van der Waals surface area contributed by atoms with E-state index >= 15 is 0 Å². The van der Waals surface area contributed by atoms with Gasteiger partial charge in [-0.05, 0) is 43.7 Å². The molecular formula is C20H29NO5. The summed E-state index contributed by atoms with van der Waals surface area (Å²) in [6, 6.07) is 9.75. The van der Waals surface area contributed by atoms with Gasteiger partial charge in [0.1, 0.15) is 23.9 Å². The minimum atomic E-state index is -0.583. The average Bonchev–Trinajstić information content (AvgIpc) is 3.14. The second kappa shape index (κ2) is 10.2. The molecule has 0 unspecified atom stereocenters. The summed E-state index contributed by atoms with van der Waals surface area (Å²) in [4.78, 5) is 2.19. The maximum atomic E-state index is 10.3. The molecule has 0 fully saturated rings. The topological polar surface area (TPSA) is 64.3 Å². The first-order valence-corrected chi connectivity index (χ1v) is 8.76. The van der Waals surface area contributed by atoms with Crippen LogP contribution in [-0.4, -0.2) is 49.5 Å². The van der Waals surface area contributed by atoms with Crippen molar-refractivity contribution in [2.75, 3.05) is 27.4 Å². The average molecular weight is 363 g/mol. The monoisotopic (exact) mass is 363 g/mol. The Kier molecular flexibility index (Phi) is 7.97. The molecule has 0 aliphatic rings. The fourth-order valence-electron chi connectivity index (χ4n) is 2.66. The molecule has 26 heavy (non-hydrogen) atoms. The SMILES string of the molecule is COc1cc(CN(C[C@H](O)COCc2ccco2)C(C)C)cc(OC)c1. The van der Waals surface area contributed by atoms with Crippen molar-refractivity contribution < 1.29 is 23.7 Å². The van der Waals surface area contributed by atoms with Gasteiger partial charge in [0.2, 0.25) is 0 Å². The van der Waals surface area contributed by atoms with Gasteiger partial charge in [0.05, 0.1) is 33.2 Å². The van der Waals surface area contributed by atoms with Crippen LogP contribution in [0.25, 0.3) is 0 Å². The van der Waals surface area contributed by atoms with Crippen LogP contribution in [0.3, 0.4) is 0 Å². The molecule has 0 radical (unpaired) electrons. The van der Waals surface area contributed by atoms with Crippen molar-refractivity contribution in [2.45, 2.75) is 39.1 Å². The Balaban J connectivity index is 1.91. The number of nitrogens with zero attached hydrogens (tertiary/aromatic N) is 1. The lowest BCUT2D eigenvalue weighted by Gasteiger charge is -2.29. The standard InChI is InChI=1S/C20H29NO5/c1-15(2)21(11-16-8-19(23-3)10-20(9-16)24-4)12-17(22)13-25-14-18-6-5-7-26-18/h5-10,15,17,22H,11-14H2,1-4H3/t17-/m0/s1. The van der Waals surface area contributed by atoms with Crippen molar-refractivity contribution in [1.29, 1.82) is 0 Å². The van der Waals surface area contributed by atoms with E-state index in [0.29, 0.717) is 19.7 Å². The quantitative estimate of drug-likeness (QED) is 0.662. The third kappa shape index (κ3) is 6.37. The van der Waals surface area contributed by atoms with Crippen molar-refractivity contribution in [3.8, 4) is 11.5 Å². The molecule has 144 valence electrons. The van der Waals surface area contributed by atoms with E-state index < -0.39 is 6.10 Å². The van der Waals surface area contributed by atoms with Crippen molar-refractivity contribution in [3.05, 3.63) is 47.9 Å². The molecular weight excluding hydrogens is 334 g/mol. The molecule has 2 rings (SSSR count). The summed E-state index contributed by atoms with van der Waals surface area (Å²) in [7, 11) is 3.28. The molecule has 0 aliphatic heterocycles. The lowest BCUT2D eigenvalue weighted by atomic mass is 10.1. The third-order valence-electron chi connectivity index (χ3n) is 4.11. The number of hydrogen-bond donors (Lipinski definition) is 1. The molecule has 0 aliphatic carbocycles. The second-order valence-corrected chi connectivity index (χ2v) is 6.49. The van der Waals surface area contributed by atoms with E-state index in [4.69, 9.17) is 18.6 Å². The van der Waals surface area contributed by atoms with Gasteiger partial charge in [-0.2, -0.15) is 0 Å². The number of ether oxygens (including phenoxy) is 3. The molecule has 2 aromatic rings. The van der Waals surface area contributed by atoms with Gasteiger partial charge in [-0.25, -0.2) is 0 Å². The van der Waals surface area contributed by atoms with Gasteiger partial charge in [-0.15, -0.1) is 0 Å². The van der Waals surface area contributed by atoms with E-state index in [0.717, 1.165) is 22.8 Å². The Bertz CT molecular complexity index is 619. The normalized spacial score (nSPS) is 12.6. The number of benzene rings is 1. The predicted molar refractivity (Wildman–Crippen MR) is 99.5 cm³/mol. The van der Waals surface area contributed by atoms with Crippen LogP contribution in [0, 0.1) is 0 Å². The molecule has 1 aromatic heterocycles. The van der Waals surface area contributed by atoms with Crippen molar-refractivity contribution in [3.63, 3.8) is 0 Å². The van der Waals surface area contributed by atoms with Crippen LogP contribution in [-0.2, 0) is 17.9 Å². The summed E-state index contributed by atoms with van der Waals surface area (Å²) in [6.07, 6.45) is 1.03. The molecule has 0 spiro atoms. The zero-order valence-electron chi connectivity index (χ0n) is 16.0. The lowest BCUT2D eigenvalue weighted by molar-refractivity contribution is -0.00117. The minimum Gasteiger partial charge on any atom is -0.497 e. The summed E-state index contributed by atoms with van der Waals surface area (Å²) in [5.74, 6) is 2.26. The smallest absolute Gasteiger partial charge is 0.129 e. The van der Waals surface area contributed by atoms with E-state index in [1.54, 1.807) is 20.5 Å². The molecule has 0 saturated carbocycles. The molecule has 6 nitrogen and oxygen atoms in total. The number of furan rings is 1.